The number of carbonyl (C=O) groups is 2. The van der Waals surface area contributed by atoms with Gasteiger partial charge < -0.3 is 15.7 Å². The number of hydrogen-bond donors (Lipinski definition) is 2. The molecular formula is C7H14N2O3. The molecule has 0 aromatic heterocycles. The zero-order valence-electron chi connectivity index (χ0n) is 7.12. The highest BCUT2D eigenvalue weighted by Gasteiger charge is 2.13. The number of carboxylic acids is 1. The quantitative estimate of drug-likeness (QED) is 0.552. The fourth-order valence-corrected chi connectivity index (χ4v) is 0.938. The van der Waals surface area contributed by atoms with Crippen molar-refractivity contribution in [3.8, 4) is 0 Å². The van der Waals surface area contributed by atoms with Crippen LogP contribution >= 0.6 is 0 Å². The topological polar surface area (TPSA) is 83.6 Å². The number of carbonyl (C=O) groups excluding carboxylic acids is 1. The standard InChI is InChI=1S/C5H10N2O.C2H4O2/c6-5(8)7-3-1-2-4-7;1-2(3)4/h1-4H2,(H2,6,8);1H3,(H,3,4). The van der Waals surface area contributed by atoms with Gasteiger partial charge in [-0.25, -0.2) is 4.79 Å². The summed E-state index contributed by atoms with van der Waals surface area (Å²) in [6, 6.07) is -0.275. The average Bonchev–Trinajstić information content (AvgIpc) is 2.34. The molecule has 0 spiro atoms. The van der Waals surface area contributed by atoms with Gasteiger partial charge in [0.2, 0.25) is 0 Å². The average molecular weight is 174 g/mol. The molecule has 5 nitrogen and oxygen atoms in total. The molecule has 2 amide bonds. The molecule has 1 rings (SSSR count). The summed E-state index contributed by atoms with van der Waals surface area (Å²) in [6.45, 7) is 2.80. The van der Waals surface area contributed by atoms with Crippen molar-refractivity contribution in [3.63, 3.8) is 0 Å². The van der Waals surface area contributed by atoms with Crippen molar-refractivity contribution in [2.75, 3.05) is 13.1 Å². The van der Waals surface area contributed by atoms with E-state index < -0.39 is 5.97 Å². The first kappa shape index (κ1) is 10.7. The zero-order valence-corrected chi connectivity index (χ0v) is 7.12. The van der Waals surface area contributed by atoms with E-state index in [1.54, 1.807) is 4.90 Å². The molecule has 0 aliphatic carbocycles. The van der Waals surface area contributed by atoms with Crippen molar-refractivity contribution >= 4 is 12.0 Å². The summed E-state index contributed by atoms with van der Waals surface area (Å²) < 4.78 is 0. The van der Waals surface area contributed by atoms with Gasteiger partial charge in [0.05, 0.1) is 0 Å². The Kier molecular flexibility index (Phi) is 4.83. The molecule has 12 heavy (non-hydrogen) atoms. The van der Waals surface area contributed by atoms with E-state index in [2.05, 4.69) is 0 Å². The predicted octanol–water partition coefficient (Wildman–Crippen LogP) is 0.252. The van der Waals surface area contributed by atoms with E-state index in [4.69, 9.17) is 15.6 Å². The van der Waals surface area contributed by atoms with Crippen LogP contribution in [0, 0.1) is 0 Å². The molecule has 1 aliphatic heterocycles. The van der Waals surface area contributed by atoms with Crippen LogP contribution in [0.2, 0.25) is 0 Å². The van der Waals surface area contributed by atoms with Gasteiger partial charge in [-0.15, -0.1) is 0 Å². The Bertz CT molecular complexity index is 160. The summed E-state index contributed by atoms with van der Waals surface area (Å²) in [7, 11) is 0. The van der Waals surface area contributed by atoms with Crippen LogP contribution in [-0.2, 0) is 4.79 Å². The second kappa shape index (κ2) is 5.40. The predicted molar refractivity (Wildman–Crippen MR) is 43.7 cm³/mol. The van der Waals surface area contributed by atoms with E-state index in [0.717, 1.165) is 32.9 Å². The third-order valence-corrected chi connectivity index (χ3v) is 1.42. The van der Waals surface area contributed by atoms with Gasteiger partial charge in [-0.05, 0) is 12.8 Å². The molecule has 0 atom stereocenters. The van der Waals surface area contributed by atoms with Crippen molar-refractivity contribution in [2.24, 2.45) is 5.73 Å². The third kappa shape index (κ3) is 5.52. The maximum Gasteiger partial charge on any atom is 0.314 e. The molecular weight excluding hydrogens is 160 g/mol. The molecule has 1 heterocycles. The lowest BCUT2D eigenvalue weighted by Gasteiger charge is -2.09. The number of rotatable bonds is 0. The lowest BCUT2D eigenvalue weighted by molar-refractivity contribution is -0.134. The van der Waals surface area contributed by atoms with E-state index in [1.165, 1.54) is 0 Å². The van der Waals surface area contributed by atoms with Crippen molar-refractivity contribution in [3.05, 3.63) is 0 Å². The number of likely N-dealkylation sites (tertiary alicyclic amines) is 1. The molecule has 0 aromatic carbocycles. The Morgan fingerprint density at radius 2 is 1.67 bits per heavy atom. The summed E-state index contributed by atoms with van der Waals surface area (Å²) in [5.41, 5.74) is 4.98. The van der Waals surface area contributed by atoms with Gasteiger partial charge in [0.25, 0.3) is 5.97 Å². The second-order valence-electron chi connectivity index (χ2n) is 2.55. The van der Waals surface area contributed by atoms with Gasteiger partial charge in [0, 0.05) is 20.0 Å². The molecule has 1 fully saturated rings. The number of amides is 2. The second-order valence-corrected chi connectivity index (χ2v) is 2.55. The lowest BCUT2D eigenvalue weighted by Crippen LogP contribution is -2.32. The normalized spacial score (nSPS) is 14.9. The van der Waals surface area contributed by atoms with Crippen LogP contribution in [0.15, 0.2) is 0 Å². The summed E-state index contributed by atoms with van der Waals surface area (Å²) in [5.74, 6) is -0.833. The number of primary amides is 1. The Labute approximate surface area is 71.1 Å². The monoisotopic (exact) mass is 174 g/mol. The van der Waals surface area contributed by atoms with Crippen LogP contribution in [0.5, 0.6) is 0 Å². The van der Waals surface area contributed by atoms with E-state index in [9.17, 15) is 4.79 Å². The van der Waals surface area contributed by atoms with Gasteiger partial charge in [0.1, 0.15) is 0 Å². The number of urea groups is 1. The molecule has 3 N–H and O–H groups in total. The van der Waals surface area contributed by atoms with Crippen LogP contribution in [0.1, 0.15) is 19.8 Å². The van der Waals surface area contributed by atoms with Crippen molar-refractivity contribution in [1.82, 2.24) is 4.90 Å². The molecule has 0 radical (unpaired) electrons. The van der Waals surface area contributed by atoms with Crippen molar-refractivity contribution in [1.29, 1.82) is 0 Å². The lowest BCUT2D eigenvalue weighted by atomic mass is 10.4. The first-order chi connectivity index (χ1) is 5.54. The van der Waals surface area contributed by atoms with E-state index in [1.807, 2.05) is 0 Å². The fraction of sp³-hybridized carbons (Fsp3) is 0.714. The Morgan fingerprint density at radius 1 is 1.33 bits per heavy atom. The van der Waals surface area contributed by atoms with Crippen molar-refractivity contribution in [2.45, 2.75) is 19.8 Å². The minimum Gasteiger partial charge on any atom is -0.481 e. The van der Waals surface area contributed by atoms with Crippen LogP contribution in [-0.4, -0.2) is 35.1 Å². The van der Waals surface area contributed by atoms with Gasteiger partial charge in [-0.2, -0.15) is 0 Å². The summed E-state index contributed by atoms with van der Waals surface area (Å²) >= 11 is 0. The van der Waals surface area contributed by atoms with Gasteiger partial charge in [-0.1, -0.05) is 0 Å². The highest BCUT2D eigenvalue weighted by atomic mass is 16.4. The Balaban J connectivity index is 0.000000261. The van der Waals surface area contributed by atoms with Crippen LogP contribution in [0.4, 0.5) is 4.79 Å². The first-order valence-electron chi connectivity index (χ1n) is 3.78. The SMILES string of the molecule is CC(=O)O.NC(=O)N1CCCC1. The van der Waals surface area contributed by atoms with E-state index >= 15 is 0 Å². The summed E-state index contributed by atoms with van der Waals surface area (Å²) in [6.07, 6.45) is 2.23. The first-order valence-corrected chi connectivity index (χ1v) is 3.78. The molecule has 1 saturated heterocycles. The number of carboxylic acid groups (broad SMARTS) is 1. The molecule has 0 saturated carbocycles. The maximum atomic E-state index is 10.3. The fourth-order valence-electron chi connectivity index (χ4n) is 0.938. The summed E-state index contributed by atoms with van der Waals surface area (Å²) in [5, 5.41) is 7.42. The highest BCUT2D eigenvalue weighted by Crippen LogP contribution is 2.05. The number of nitrogens with zero attached hydrogens (tertiary/aromatic N) is 1. The van der Waals surface area contributed by atoms with Crippen LogP contribution in [0.25, 0.3) is 0 Å². The number of aliphatic carboxylic acids is 1. The Morgan fingerprint density at radius 3 is 1.83 bits per heavy atom. The minimum atomic E-state index is -0.833. The van der Waals surface area contributed by atoms with Crippen molar-refractivity contribution < 1.29 is 14.7 Å². The van der Waals surface area contributed by atoms with E-state index in [-0.39, 0.29) is 6.03 Å². The van der Waals surface area contributed by atoms with Gasteiger partial charge in [-0.3, -0.25) is 4.79 Å². The zero-order chi connectivity index (χ0) is 9.56. The largest absolute Gasteiger partial charge is 0.481 e. The minimum absolute atomic E-state index is 0.275. The van der Waals surface area contributed by atoms with Crippen LogP contribution < -0.4 is 5.73 Å². The van der Waals surface area contributed by atoms with Gasteiger partial charge >= 0.3 is 6.03 Å². The third-order valence-electron chi connectivity index (χ3n) is 1.42. The molecule has 0 bridgehead atoms. The molecule has 1 aliphatic rings. The van der Waals surface area contributed by atoms with Gasteiger partial charge in [0.15, 0.2) is 0 Å². The number of nitrogens with two attached hydrogens (primary N) is 1. The van der Waals surface area contributed by atoms with Crippen LogP contribution in [0.3, 0.4) is 0 Å². The summed E-state index contributed by atoms with van der Waals surface area (Å²) in [4.78, 5) is 21.0. The maximum absolute atomic E-state index is 10.3. The molecule has 0 unspecified atom stereocenters. The smallest absolute Gasteiger partial charge is 0.314 e. The van der Waals surface area contributed by atoms with E-state index in [0.29, 0.717) is 0 Å². The number of hydrogen-bond acceptors (Lipinski definition) is 2. The Hall–Kier alpha value is -1.26. The molecule has 0 aromatic rings. The highest BCUT2D eigenvalue weighted by molar-refractivity contribution is 5.72. The molecule has 70 valence electrons. The molecule has 5 heteroatoms.